The standard InChI is InChI=1S/C31H39F3N4O6/c1-18(35-28-21-15-25(42-14-13-40-6)24(41-7)16-23(21)36-19(2)37-28)20-9-8-10-22(27(20)32)31(33,34)26-17-38(11-12-43-26)29(39)44-30(3,4)5/h8-10,15-16,18,26H,11-14,17H2,1-7H3,(H,35,36,37)/t18-,26?/m1/s1. The number of benzene rings is 2. The molecule has 0 radical (unpaired) electrons. The van der Waals surface area contributed by atoms with Crippen LogP contribution < -0.4 is 14.8 Å². The summed E-state index contributed by atoms with van der Waals surface area (Å²) in [6.45, 7) is 8.54. The predicted octanol–water partition coefficient (Wildman–Crippen LogP) is 6.01. The van der Waals surface area contributed by atoms with Crippen LogP contribution in [0.2, 0.25) is 0 Å². The number of fused-ring (bicyclic) bond motifs is 1. The minimum Gasteiger partial charge on any atom is -0.493 e. The summed E-state index contributed by atoms with van der Waals surface area (Å²) in [5.74, 6) is -3.14. The third-order valence-corrected chi connectivity index (χ3v) is 6.97. The molecule has 0 aliphatic carbocycles. The van der Waals surface area contributed by atoms with Gasteiger partial charge in [-0.15, -0.1) is 0 Å². The number of amides is 1. The number of rotatable bonds is 10. The minimum atomic E-state index is -3.75. The predicted molar refractivity (Wildman–Crippen MR) is 158 cm³/mol. The van der Waals surface area contributed by atoms with Gasteiger partial charge in [0.15, 0.2) is 11.5 Å². The smallest absolute Gasteiger partial charge is 0.410 e. The zero-order chi connectivity index (χ0) is 32.2. The molecule has 4 rings (SSSR count). The van der Waals surface area contributed by atoms with Crippen molar-refractivity contribution < 1.29 is 41.7 Å². The number of nitrogens with one attached hydrogen (secondary N) is 1. The molecule has 2 heterocycles. The fourth-order valence-corrected chi connectivity index (χ4v) is 4.83. The van der Waals surface area contributed by atoms with E-state index in [1.54, 1.807) is 53.9 Å². The van der Waals surface area contributed by atoms with Gasteiger partial charge in [0, 0.05) is 30.7 Å². The maximum Gasteiger partial charge on any atom is 0.410 e. The van der Waals surface area contributed by atoms with Crippen LogP contribution in [0.5, 0.6) is 11.5 Å². The molecule has 1 amide bonds. The maximum atomic E-state index is 15.9. The molecule has 1 aliphatic rings. The third kappa shape index (κ3) is 7.44. The maximum absolute atomic E-state index is 15.9. The topological polar surface area (TPSA) is 104 Å². The second kappa shape index (κ2) is 13.4. The molecule has 3 aromatic rings. The molecule has 2 atom stereocenters. The second-order valence-corrected chi connectivity index (χ2v) is 11.5. The van der Waals surface area contributed by atoms with Crippen molar-refractivity contribution in [3.05, 3.63) is 53.1 Å². The Morgan fingerprint density at radius 2 is 1.91 bits per heavy atom. The highest BCUT2D eigenvalue weighted by Gasteiger charge is 2.48. The fourth-order valence-electron chi connectivity index (χ4n) is 4.83. The minimum absolute atomic E-state index is 0.00326. The Morgan fingerprint density at radius 1 is 1.16 bits per heavy atom. The van der Waals surface area contributed by atoms with Gasteiger partial charge in [-0.3, -0.25) is 0 Å². The Bertz CT molecular complexity index is 1480. The van der Waals surface area contributed by atoms with Crippen molar-refractivity contribution >= 4 is 22.8 Å². The van der Waals surface area contributed by atoms with Crippen LogP contribution >= 0.6 is 0 Å². The number of nitrogens with zero attached hydrogens (tertiary/aromatic N) is 3. The lowest BCUT2D eigenvalue weighted by atomic mass is 9.96. The van der Waals surface area contributed by atoms with Crippen LogP contribution in [-0.2, 0) is 20.1 Å². The lowest BCUT2D eigenvalue weighted by Gasteiger charge is -2.37. The molecular formula is C31H39F3N4O6. The number of carbonyl (C=O) groups excluding carboxylic acids is 1. The van der Waals surface area contributed by atoms with E-state index in [2.05, 4.69) is 15.3 Å². The number of hydrogen-bond acceptors (Lipinski definition) is 9. The number of alkyl halides is 2. The van der Waals surface area contributed by atoms with Gasteiger partial charge in [0.2, 0.25) is 0 Å². The first-order chi connectivity index (χ1) is 20.7. The molecule has 1 saturated heterocycles. The van der Waals surface area contributed by atoms with Crippen molar-refractivity contribution in [2.75, 3.05) is 52.4 Å². The van der Waals surface area contributed by atoms with E-state index in [0.29, 0.717) is 40.7 Å². The average molecular weight is 621 g/mol. The van der Waals surface area contributed by atoms with Gasteiger partial charge in [0.1, 0.15) is 35.8 Å². The normalized spacial score (nSPS) is 16.5. The highest BCUT2D eigenvalue weighted by Crippen LogP contribution is 2.40. The molecule has 44 heavy (non-hydrogen) atoms. The molecule has 0 saturated carbocycles. The van der Waals surface area contributed by atoms with Gasteiger partial charge in [-0.05, 0) is 46.8 Å². The highest BCUT2D eigenvalue weighted by atomic mass is 19.3. The van der Waals surface area contributed by atoms with Crippen molar-refractivity contribution in [3.63, 3.8) is 0 Å². The Hall–Kier alpha value is -3.84. The van der Waals surface area contributed by atoms with Gasteiger partial charge >= 0.3 is 12.0 Å². The first kappa shape index (κ1) is 33.1. The summed E-state index contributed by atoms with van der Waals surface area (Å²) >= 11 is 0. The van der Waals surface area contributed by atoms with Crippen molar-refractivity contribution in [1.29, 1.82) is 0 Å². The second-order valence-electron chi connectivity index (χ2n) is 11.5. The molecule has 10 nitrogen and oxygen atoms in total. The largest absolute Gasteiger partial charge is 0.493 e. The number of hydrogen-bond donors (Lipinski definition) is 1. The van der Waals surface area contributed by atoms with Crippen molar-refractivity contribution in [3.8, 4) is 11.5 Å². The fraction of sp³-hybridized carbons (Fsp3) is 0.516. The number of halogens is 3. The summed E-state index contributed by atoms with van der Waals surface area (Å²) < 4.78 is 74.6. The summed E-state index contributed by atoms with van der Waals surface area (Å²) in [4.78, 5) is 22.7. The van der Waals surface area contributed by atoms with Crippen molar-refractivity contribution in [2.45, 2.75) is 58.3 Å². The van der Waals surface area contributed by atoms with E-state index >= 15 is 13.2 Å². The van der Waals surface area contributed by atoms with Crippen LogP contribution in [0.15, 0.2) is 30.3 Å². The van der Waals surface area contributed by atoms with E-state index in [-0.39, 0.29) is 25.3 Å². The lowest BCUT2D eigenvalue weighted by Crippen LogP contribution is -2.52. The molecule has 1 unspecified atom stereocenters. The zero-order valence-corrected chi connectivity index (χ0v) is 26.0. The van der Waals surface area contributed by atoms with E-state index in [9.17, 15) is 4.79 Å². The molecule has 1 N–H and O–H groups in total. The molecule has 240 valence electrons. The number of morpholine rings is 1. The summed E-state index contributed by atoms with van der Waals surface area (Å²) in [6, 6.07) is 6.45. The van der Waals surface area contributed by atoms with Gasteiger partial charge in [0.05, 0.1) is 44.0 Å². The molecule has 1 aromatic heterocycles. The first-order valence-electron chi connectivity index (χ1n) is 14.3. The zero-order valence-electron chi connectivity index (χ0n) is 26.0. The number of anilines is 1. The number of carbonyl (C=O) groups is 1. The van der Waals surface area contributed by atoms with E-state index in [4.69, 9.17) is 23.7 Å². The number of methoxy groups -OCH3 is 2. The molecule has 0 bridgehead atoms. The summed E-state index contributed by atoms with van der Waals surface area (Å²) in [7, 11) is 3.07. The first-order valence-corrected chi connectivity index (χ1v) is 14.3. The lowest BCUT2D eigenvalue weighted by molar-refractivity contribution is -0.171. The van der Waals surface area contributed by atoms with E-state index < -0.39 is 47.7 Å². The van der Waals surface area contributed by atoms with E-state index in [1.165, 1.54) is 19.2 Å². The number of aromatic nitrogens is 2. The summed E-state index contributed by atoms with van der Waals surface area (Å²) in [5, 5.41) is 3.72. The Kier molecular flexibility index (Phi) is 10.1. The van der Waals surface area contributed by atoms with Crippen LogP contribution in [0.3, 0.4) is 0 Å². The Labute approximate surface area is 254 Å². The molecule has 1 aliphatic heterocycles. The van der Waals surface area contributed by atoms with Crippen LogP contribution in [0.25, 0.3) is 10.9 Å². The van der Waals surface area contributed by atoms with Crippen LogP contribution in [-0.4, -0.2) is 79.8 Å². The Morgan fingerprint density at radius 3 is 2.59 bits per heavy atom. The van der Waals surface area contributed by atoms with Crippen molar-refractivity contribution in [2.24, 2.45) is 0 Å². The Balaban J connectivity index is 1.61. The van der Waals surface area contributed by atoms with Crippen LogP contribution in [0.1, 0.15) is 50.7 Å². The number of ether oxygens (including phenoxy) is 5. The average Bonchev–Trinajstić information content (AvgIpc) is 2.96. The van der Waals surface area contributed by atoms with E-state index in [0.717, 1.165) is 11.0 Å². The van der Waals surface area contributed by atoms with Crippen LogP contribution in [0.4, 0.5) is 23.8 Å². The number of aryl methyl sites for hydroxylation is 1. The van der Waals surface area contributed by atoms with Gasteiger partial charge in [-0.2, -0.15) is 8.78 Å². The highest BCUT2D eigenvalue weighted by molar-refractivity contribution is 5.92. The molecular weight excluding hydrogens is 581 g/mol. The van der Waals surface area contributed by atoms with Gasteiger partial charge < -0.3 is 33.9 Å². The van der Waals surface area contributed by atoms with E-state index in [1.807, 2.05) is 0 Å². The van der Waals surface area contributed by atoms with Gasteiger partial charge in [-0.25, -0.2) is 19.2 Å². The molecule has 13 heteroatoms. The molecule has 2 aromatic carbocycles. The third-order valence-electron chi connectivity index (χ3n) is 6.97. The SMILES string of the molecule is COCCOc1cc2c(N[C@H](C)c3cccc(C(F)(F)C4CN(C(=O)OC(C)(C)C)CCO4)c3F)nc(C)nc2cc1OC. The quantitative estimate of drug-likeness (QED) is 0.273. The van der Waals surface area contributed by atoms with Gasteiger partial charge in [0.25, 0.3) is 0 Å². The summed E-state index contributed by atoms with van der Waals surface area (Å²) in [6.07, 6.45) is -2.50. The summed E-state index contributed by atoms with van der Waals surface area (Å²) in [5.41, 5.74) is -1.08. The van der Waals surface area contributed by atoms with Crippen LogP contribution in [0, 0.1) is 12.7 Å². The monoisotopic (exact) mass is 620 g/mol. The van der Waals surface area contributed by atoms with Gasteiger partial charge in [-0.1, -0.05) is 12.1 Å². The van der Waals surface area contributed by atoms with Crippen molar-refractivity contribution in [1.82, 2.24) is 14.9 Å². The molecule has 1 fully saturated rings. The molecule has 0 spiro atoms.